The van der Waals surface area contributed by atoms with E-state index in [2.05, 4.69) is 31.5 Å². The third kappa shape index (κ3) is 7.01. The van der Waals surface area contributed by atoms with Crippen LogP contribution >= 0.6 is 27.7 Å². The molecule has 10 nitrogen and oxygen atoms in total. The Hall–Kier alpha value is -3.51. The Morgan fingerprint density at radius 1 is 1.12 bits per heavy atom. The normalized spacial score (nSPS) is 16.4. The van der Waals surface area contributed by atoms with Crippen LogP contribution in [-0.2, 0) is 9.59 Å². The first-order chi connectivity index (χ1) is 20.8. The molecule has 0 spiro atoms. The summed E-state index contributed by atoms with van der Waals surface area (Å²) in [4.78, 5) is 33.3. The SMILES string of the molecule is CCOc1cc(C2C(C(=O)Nc3cccc(C)c3)=C(C)Nc3nc(SCC)nn32)cc(Br)c1OCC(=O)N1CCCCC1. The molecule has 1 fully saturated rings. The highest BCUT2D eigenvalue weighted by Crippen LogP contribution is 2.43. The van der Waals surface area contributed by atoms with Crippen LogP contribution in [0, 0.1) is 6.92 Å². The second kappa shape index (κ2) is 13.9. The lowest BCUT2D eigenvalue weighted by Gasteiger charge is -2.29. The summed E-state index contributed by atoms with van der Waals surface area (Å²) in [7, 11) is 0. The summed E-state index contributed by atoms with van der Waals surface area (Å²) >= 11 is 5.20. The second-order valence-corrected chi connectivity index (χ2v) is 12.6. The van der Waals surface area contributed by atoms with Crippen molar-refractivity contribution in [2.75, 3.05) is 42.7 Å². The molecule has 0 saturated carbocycles. The van der Waals surface area contributed by atoms with E-state index < -0.39 is 6.04 Å². The first-order valence-electron chi connectivity index (χ1n) is 14.6. The van der Waals surface area contributed by atoms with Crippen LogP contribution in [-0.4, -0.2) is 63.5 Å². The molecular weight excluding hydrogens is 632 g/mol. The predicted molar refractivity (Wildman–Crippen MR) is 172 cm³/mol. The second-order valence-electron chi connectivity index (χ2n) is 10.5. The summed E-state index contributed by atoms with van der Waals surface area (Å²) in [5.74, 6) is 1.97. The van der Waals surface area contributed by atoms with Crippen molar-refractivity contribution in [2.45, 2.75) is 58.2 Å². The van der Waals surface area contributed by atoms with Crippen LogP contribution in [0.3, 0.4) is 0 Å². The van der Waals surface area contributed by atoms with Gasteiger partial charge in [-0.1, -0.05) is 30.8 Å². The number of allylic oxidation sites excluding steroid dienone is 1. The fourth-order valence-electron chi connectivity index (χ4n) is 5.36. The Kier molecular flexibility index (Phi) is 9.97. The maximum atomic E-state index is 13.9. The number of thioether (sulfide) groups is 1. The third-order valence-electron chi connectivity index (χ3n) is 7.32. The van der Waals surface area contributed by atoms with Gasteiger partial charge in [-0.3, -0.25) is 9.59 Å². The number of aromatic nitrogens is 3. The number of aryl methyl sites for hydroxylation is 1. The molecular formula is C31H37BrN6O4S. The van der Waals surface area contributed by atoms with E-state index in [1.807, 2.05) is 69.0 Å². The summed E-state index contributed by atoms with van der Waals surface area (Å²) in [6.07, 6.45) is 3.17. The van der Waals surface area contributed by atoms with Crippen molar-refractivity contribution in [3.63, 3.8) is 0 Å². The van der Waals surface area contributed by atoms with Crippen LogP contribution in [0.15, 0.2) is 57.3 Å². The summed E-state index contributed by atoms with van der Waals surface area (Å²) in [5, 5.41) is 11.7. The predicted octanol–water partition coefficient (Wildman–Crippen LogP) is 6.18. The Labute approximate surface area is 264 Å². The molecule has 0 bridgehead atoms. The van der Waals surface area contributed by atoms with Gasteiger partial charge in [-0.25, -0.2) is 4.68 Å². The van der Waals surface area contributed by atoms with E-state index in [0.29, 0.717) is 50.6 Å². The smallest absolute Gasteiger partial charge is 0.260 e. The third-order valence-corrected chi connectivity index (χ3v) is 8.63. The lowest BCUT2D eigenvalue weighted by atomic mass is 9.94. The fraction of sp³-hybridized carbons (Fsp3) is 0.419. The number of ether oxygens (including phenoxy) is 2. The molecule has 2 N–H and O–H groups in total. The average Bonchev–Trinajstić information content (AvgIpc) is 3.38. The molecule has 1 atom stereocenters. The van der Waals surface area contributed by atoms with Gasteiger partial charge in [-0.15, -0.1) is 5.10 Å². The monoisotopic (exact) mass is 668 g/mol. The number of nitrogens with one attached hydrogen (secondary N) is 2. The molecule has 2 aliphatic heterocycles. The number of hydrogen-bond donors (Lipinski definition) is 2. The Balaban J connectivity index is 1.52. The number of benzene rings is 2. The number of rotatable bonds is 10. The van der Waals surface area contributed by atoms with Gasteiger partial charge in [0.05, 0.1) is 16.7 Å². The maximum Gasteiger partial charge on any atom is 0.260 e. The number of anilines is 2. The van der Waals surface area contributed by atoms with Crippen molar-refractivity contribution >= 4 is 51.1 Å². The minimum Gasteiger partial charge on any atom is -0.490 e. The summed E-state index contributed by atoms with van der Waals surface area (Å²) < 4.78 is 14.4. The number of carbonyl (C=O) groups excluding carboxylic acids is 2. The molecule has 1 unspecified atom stereocenters. The van der Waals surface area contributed by atoms with Gasteiger partial charge in [0.25, 0.3) is 11.8 Å². The van der Waals surface area contributed by atoms with Crippen LogP contribution in [0.2, 0.25) is 0 Å². The first-order valence-corrected chi connectivity index (χ1v) is 16.4. The molecule has 2 aromatic carbocycles. The number of carbonyl (C=O) groups is 2. The number of halogens is 1. The van der Waals surface area contributed by atoms with E-state index in [4.69, 9.17) is 14.6 Å². The fourth-order valence-corrected chi connectivity index (χ4v) is 6.49. The van der Waals surface area contributed by atoms with E-state index in [1.54, 1.807) is 4.68 Å². The zero-order valence-corrected chi connectivity index (χ0v) is 27.3. The van der Waals surface area contributed by atoms with Crippen LogP contribution in [0.25, 0.3) is 0 Å². The molecule has 2 aliphatic rings. The standard InChI is InChI=1S/C31H37BrN6O4S/c1-5-41-24-17-21(16-23(32)28(24)42-18-25(39)37-13-8-7-9-14-37)27-26(29(40)34-22-12-10-11-19(3)15-22)20(4)33-30-35-31(43-6-2)36-38(27)30/h10-12,15-17,27H,5-9,13-14,18H2,1-4H3,(H,34,40)(H,33,35,36). The highest BCUT2D eigenvalue weighted by Gasteiger charge is 2.35. The molecule has 1 aromatic heterocycles. The van der Waals surface area contributed by atoms with Crippen molar-refractivity contribution in [3.05, 3.63) is 63.3 Å². The highest BCUT2D eigenvalue weighted by atomic mass is 79.9. The molecule has 2 amide bonds. The van der Waals surface area contributed by atoms with Crippen molar-refractivity contribution in [1.29, 1.82) is 0 Å². The molecule has 3 aromatic rings. The minimum atomic E-state index is -0.612. The van der Waals surface area contributed by atoms with E-state index in [0.717, 1.165) is 49.2 Å². The zero-order valence-electron chi connectivity index (χ0n) is 24.9. The van der Waals surface area contributed by atoms with Gasteiger partial charge in [0, 0.05) is 24.5 Å². The minimum absolute atomic E-state index is 0.0432. The van der Waals surface area contributed by atoms with Crippen molar-refractivity contribution < 1.29 is 19.1 Å². The highest BCUT2D eigenvalue weighted by molar-refractivity contribution is 9.10. The molecule has 3 heterocycles. The molecule has 5 rings (SSSR count). The number of nitrogens with zero attached hydrogens (tertiary/aromatic N) is 4. The van der Waals surface area contributed by atoms with Gasteiger partial charge in [0.1, 0.15) is 6.04 Å². The summed E-state index contributed by atoms with van der Waals surface area (Å²) in [5.41, 5.74) is 3.66. The molecule has 0 aliphatic carbocycles. The van der Waals surface area contributed by atoms with Crippen molar-refractivity contribution in [3.8, 4) is 11.5 Å². The largest absolute Gasteiger partial charge is 0.490 e. The maximum absolute atomic E-state index is 13.9. The van der Waals surface area contributed by atoms with Crippen LogP contribution in [0.1, 0.15) is 57.2 Å². The summed E-state index contributed by atoms with van der Waals surface area (Å²) in [6, 6.07) is 10.8. The number of piperidine rings is 1. The Morgan fingerprint density at radius 3 is 2.63 bits per heavy atom. The van der Waals surface area contributed by atoms with E-state index in [1.165, 1.54) is 11.8 Å². The van der Waals surface area contributed by atoms with Gasteiger partial charge < -0.3 is 25.0 Å². The number of likely N-dealkylation sites (tertiary alicyclic amines) is 1. The van der Waals surface area contributed by atoms with Gasteiger partial charge in [0.2, 0.25) is 11.1 Å². The van der Waals surface area contributed by atoms with Gasteiger partial charge in [0.15, 0.2) is 18.1 Å². The van der Waals surface area contributed by atoms with E-state index in [9.17, 15) is 9.59 Å². The van der Waals surface area contributed by atoms with Crippen molar-refractivity contribution in [2.24, 2.45) is 0 Å². The summed E-state index contributed by atoms with van der Waals surface area (Å²) in [6.45, 7) is 9.60. The van der Waals surface area contributed by atoms with Gasteiger partial charge >= 0.3 is 0 Å². The zero-order chi connectivity index (χ0) is 30.5. The first kappa shape index (κ1) is 30.9. The number of fused-ring (bicyclic) bond motifs is 1. The number of hydrogen-bond acceptors (Lipinski definition) is 8. The topological polar surface area (TPSA) is 111 Å². The molecule has 43 heavy (non-hydrogen) atoms. The Morgan fingerprint density at radius 2 is 1.91 bits per heavy atom. The molecule has 12 heteroatoms. The van der Waals surface area contributed by atoms with Gasteiger partial charge in [-0.2, -0.15) is 4.98 Å². The Bertz CT molecular complexity index is 1530. The molecule has 228 valence electrons. The number of amides is 2. The lowest BCUT2D eigenvalue weighted by molar-refractivity contribution is -0.134. The quantitative estimate of drug-likeness (QED) is 0.247. The van der Waals surface area contributed by atoms with E-state index >= 15 is 0 Å². The lowest BCUT2D eigenvalue weighted by Crippen LogP contribution is -2.38. The van der Waals surface area contributed by atoms with Crippen LogP contribution in [0.4, 0.5) is 11.6 Å². The van der Waals surface area contributed by atoms with Crippen LogP contribution in [0.5, 0.6) is 11.5 Å². The molecule has 1 saturated heterocycles. The van der Waals surface area contributed by atoms with E-state index in [-0.39, 0.29) is 18.4 Å². The van der Waals surface area contributed by atoms with Gasteiger partial charge in [-0.05, 0) is 97.1 Å². The van der Waals surface area contributed by atoms with Crippen molar-refractivity contribution in [1.82, 2.24) is 19.7 Å². The molecule has 0 radical (unpaired) electrons. The average molecular weight is 670 g/mol. The van der Waals surface area contributed by atoms with Crippen LogP contribution < -0.4 is 20.1 Å².